The van der Waals surface area contributed by atoms with Crippen molar-refractivity contribution in [1.29, 1.82) is 0 Å². The van der Waals surface area contributed by atoms with E-state index in [-0.39, 0.29) is 23.7 Å². The molecule has 126 valence electrons. The predicted molar refractivity (Wildman–Crippen MR) is 82.8 cm³/mol. The summed E-state index contributed by atoms with van der Waals surface area (Å²) >= 11 is 5.86. The average molecular weight is 358 g/mol. The van der Waals surface area contributed by atoms with Gasteiger partial charge in [0.05, 0.1) is 5.56 Å². The van der Waals surface area contributed by atoms with Crippen LogP contribution in [-0.2, 0) is 6.18 Å². The molecule has 0 bridgehead atoms. The summed E-state index contributed by atoms with van der Waals surface area (Å²) < 4.78 is 37.8. The first kappa shape index (κ1) is 16.4. The SMILES string of the molecule is [O-][N+]1=C(c2ccc(C(F)(F)F)cc2)CNN1c1cc(Cl)ccc1O. The van der Waals surface area contributed by atoms with Crippen molar-refractivity contribution in [3.63, 3.8) is 0 Å². The molecule has 5 nitrogen and oxygen atoms in total. The van der Waals surface area contributed by atoms with Gasteiger partial charge in [-0.1, -0.05) is 21.6 Å². The second-order valence-electron chi connectivity index (χ2n) is 5.07. The zero-order valence-corrected chi connectivity index (χ0v) is 12.8. The predicted octanol–water partition coefficient (Wildman–Crippen LogP) is 3.30. The maximum absolute atomic E-state index is 12.6. The van der Waals surface area contributed by atoms with E-state index in [4.69, 9.17) is 11.6 Å². The third-order valence-electron chi connectivity index (χ3n) is 3.52. The molecule has 1 heterocycles. The van der Waals surface area contributed by atoms with E-state index in [0.717, 1.165) is 17.3 Å². The van der Waals surface area contributed by atoms with Crippen LogP contribution in [0.15, 0.2) is 42.5 Å². The second-order valence-corrected chi connectivity index (χ2v) is 5.51. The number of alkyl halides is 3. The molecule has 0 aliphatic carbocycles. The molecule has 1 aliphatic heterocycles. The summed E-state index contributed by atoms with van der Waals surface area (Å²) in [6.45, 7) is 0.0841. The van der Waals surface area contributed by atoms with Gasteiger partial charge in [-0.2, -0.15) is 18.6 Å². The highest BCUT2D eigenvalue weighted by Crippen LogP contribution is 2.31. The molecule has 24 heavy (non-hydrogen) atoms. The number of nitrogens with one attached hydrogen (secondary N) is 1. The van der Waals surface area contributed by atoms with E-state index >= 15 is 0 Å². The lowest BCUT2D eigenvalue weighted by atomic mass is 10.1. The van der Waals surface area contributed by atoms with Gasteiger partial charge in [-0.05, 0) is 42.5 Å². The number of hydrazone groups is 1. The lowest BCUT2D eigenvalue weighted by Gasteiger charge is -2.16. The first-order valence-electron chi connectivity index (χ1n) is 6.80. The lowest BCUT2D eigenvalue weighted by molar-refractivity contribution is -0.470. The minimum absolute atomic E-state index is 0.0841. The van der Waals surface area contributed by atoms with E-state index in [0.29, 0.717) is 15.4 Å². The highest BCUT2D eigenvalue weighted by molar-refractivity contribution is 6.30. The molecule has 2 aromatic carbocycles. The van der Waals surface area contributed by atoms with Crippen LogP contribution in [0.5, 0.6) is 5.75 Å². The van der Waals surface area contributed by atoms with Crippen molar-refractivity contribution < 1.29 is 23.1 Å². The van der Waals surface area contributed by atoms with Gasteiger partial charge < -0.3 is 10.3 Å². The van der Waals surface area contributed by atoms with Gasteiger partial charge in [-0.25, -0.2) is 0 Å². The number of anilines is 1. The Hall–Kier alpha value is -2.45. The first-order valence-corrected chi connectivity index (χ1v) is 7.18. The summed E-state index contributed by atoms with van der Waals surface area (Å²) in [7, 11) is 0. The highest BCUT2D eigenvalue weighted by Gasteiger charge is 2.33. The molecule has 0 aromatic heterocycles. The van der Waals surface area contributed by atoms with Gasteiger partial charge >= 0.3 is 6.18 Å². The maximum atomic E-state index is 12.6. The summed E-state index contributed by atoms with van der Waals surface area (Å²) in [5, 5.41) is 23.6. The van der Waals surface area contributed by atoms with Crippen LogP contribution in [0.4, 0.5) is 18.9 Å². The zero-order valence-electron chi connectivity index (χ0n) is 12.0. The number of hydrazine groups is 2. The zero-order chi connectivity index (χ0) is 17.5. The second kappa shape index (κ2) is 5.88. The summed E-state index contributed by atoms with van der Waals surface area (Å²) in [5.41, 5.74) is 2.65. The molecule has 9 heteroatoms. The first-order chi connectivity index (χ1) is 11.3. The van der Waals surface area contributed by atoms with Crippen molar-refractivity contribution in [1.82, 2.24) is 5.43 Å². The summed E-state index contributed by atoms with van der Waals surface area (Å²) in [5.74, 6) is -0.165. The Morgan fingerprint density at radius 1 is 1.17 bits per heavy atom. The van der Waals surface area contributed by atoms with E-state index in [1.807, 2.05) is 0 Å². The summed E-state index contributed by atoms with van der Waals surface area (Å²) in [4.78, 5) is 0.466. The maximum Gasteiger partial charge on any atom is 0.416 e. The smallest absolute Gasteiger partial charge is 0.416 e. The Morgan fingerprint density at radius 3 is 2.46 bits per heavy atom. The van der Waals surface area contributed by atoms with Crippen molar-refractivity contribution in [3.05, 3.63) is 63.8 Å². The summed E-state index contributed by atoms with van der Waals surface area (Å²) in [6.07, 6.45) is -4.44. The van der Waals surface area contributed by atoms with Crippen LogP contribution < -0.4 is 10.5 Å². The number of hydrogen-bond donors (Lipinski definition) is 2. The normalized spacial score (nSPS) is 15.2. The topological polar surface area (TPSA) is 61.6 Å². The largest absolute Gasteiger partial charge is 0.595 e. The van der Waals surface area contributed by atoms with Gasteiger partial charge in [0.25, 0.3) is 0 Å². The molecular formula is C15H11ClF3N3O2. The van der Waals surface area contributed by atoms with Gasteiger partial charge in [-0.15, -0.1) is 0 Å². The van der Waals surface area contributed by atoms with Crippen LogP contribution >= 0.6 is 11.6 Å². The molecular weight excluding hydrogens is 347 g/mol. The molecule has 1 aliphatic rings. The quantitative estimate of drug-likeness (QED) is 0.639. The van der Waals surface area contributed by atoms with Gasteiger partial charge in [0.15, 0.2) is 5.69 Å². The van der Waals surface area contributed by atoms with E-state index in [1.54, 1.807) is 0 Å². The van der Waals surface area contributed by atoms with E-state index in [9.17, 15) is 23.5 Å². The number of benzene rings is 2. The Bertz CT molecular complexity index is 807. The van der Waals surface area contributed by atoms with Crippen molar-refractivity contribution in [2.75, 3.05) is 11.7 Å². The number of nitrogens with zero attached hydrogens (tertiary/aromatic N) is 2. The number of aromatic hydroxyl groups is 1. The fourth-order valence-electron chi connectivity index (χ4n) is 2.32. The molecule has 0 saturated heterocycles. The Labute approximate surface area is 139 Å². The van der Waals surface area contributed by atoms with Crippen LogP contribution in [0.3, 0.4) is 0 Å². The molecule has 3 rings (SSSR count). The number of hydrogen-bond acceptors (Lipinski definition) is 4. The molecule has 0 amide bonds. The summed E-state index contributed by atoms with van der Waals surface area (Å²) in [6, 6.07) is 8.48. The monoisotopic (exact) mass is 357 g/mol. The molecule has 0 unspecified atom stereocenters. The van der Waals surface area contributed by atoms with Crippen LogP contribution in [0, 0.1) is 5.21 Å². The number of phenols is 1. The highest BCUT2D eigenvalue weighted by atomic mass is 35.5. The van der Waals surface area contributed by atoms with Crippen molar-refractivity contribution in [3.8, 4) is 5.75 Å². The molecule has 2 aromatic rings. The van der Waals surface area contributed by atoms with Crippen LogP contribution in [-0.4, -0.2) is 22.2 Å². The average Bonchev–Trinajstić information content (AvgIpc) is 2.90. The fourth-order valence-corrected chi connectivity index (χ4v) is 2.48. The molecule has 0 atom stereocenters. The van der Waals surface area contributed by atoms with Crippen LogP contribution in [0.25, 0.3) is 0 Å². The van der Waals surface area contributed by atoms with E-state index in [2.05, 4.69) is 5.43 Å². The molecule has 2 N–H and O–H groups in total. The van der Waals surface area contributed by atoms with Crippen molar-refractivity contribution >= 4 is 23.0 Å². The van der Waals surface area contributed by atoms with Gasteiger partial charge in [0.2, 0.25) is 5.71 Å². The Kier molecular flexibility index (Phi) is 4.02. The minimum atomic E-state index is -4.44. The minimum Gasteiger partial charge on any atom is -0.595 e. The third kappa shape index (κ3) is 2.98. The standard InChI is InChI=1S/C15H11ClF3N3O2/c16-11-5-6-14(23)12(7-11)21-20-8-13(22(21)24)9-1-3-10(4-2-9)15(17,18)19/h1-7,20,23H,8H2. The van der Waals surface area contributed by atoms with Gasteiger partial charge in [-0.3, -0.25) is 0 Å². The molecule has 0 fully saturated rings. The van der Waals surface area contributed by atoms with E-state index < -0.39 is 11.7 Å². The molecule has 0 spiro atoms. The fraction of sp³-hybridized carbons (Fsp3) is 0.133. The van der Waals surface area contributed by atoms with Crippen LogP contribution in [0.2, 0.25) is 5.02 Å². The van der Waals surface area contributed by atoms with Crippen molar-refractivity contribution in [2.24, 2.45) is 0 Å². The van der Waals surface area contributed by atoms with Crippen LogP contribution in [0.1, 0.15) is 11.1 Å². The number of rotatable bonds is 2. The van der Waals surface area contributed by atoms with Crippen molar-refractivity contribution in [2.45, 2.75) is 6.18 Å². The Morgan fingerprint density at radius 2 is 1.83 bits per heavy atom. The molecule has 0 radical (unpaired) electrons. The van der Waals surface area contributed by atoms with Gasteiger partial charge in [0.1, 0.15) is 12.3 Å². The van der Waals surface area contributed by atoms with E-state index in [1.165, 1.54) is 30.3 Å². The number of halogens is 4. The Balaban J connectivity index is 1.95. The lowest BCUT2D eigenvalue weighted by Crippen LogP contribution is -2.36. The molecule has 0 saturated carbocycles. The third-order valence-corrected chi connectivity index (χ3v) is 3.76. The van der Waals surface area contributed by atoms with Gasteiger partial charge in [0, 0.05) is 10.6 Å². The number of phenolic OH excluding ortho intramolecular Hbond substituents is 1.